The van der Waals surface area contributed by atoms with E-state index in [9.17, 15) is 45.6 Å². The molecule has 14 nitrogen and oxygen atoms in total. The third-order valence-electron chi connectivity index (χ3n) is 20.8. The van der Waals surface area contributed by atoms with Crippen LogP contribution in [0.2, 0.25) is 0 Å². The monoisotopic (exact) mass is 1400 g/mol. The maximum Gasteiger partial charge on any atom is 0.220 e. The van der Waals surface area contributed by atoms with Gasteiger partial charge in [-0.15, -0.1) is 0 Å². The fourth-order valence-corrected chi connectivity index (χ4v) is 14.2. The van der Waals surface area contributed by atoms with E-state index in [1.165, 1.54) is 289 Å². The summed E-state index contributed by atoms with van der Waals surface area (Å²) in [5, 5.41) is 88.0. The summed E-state index contributed by atoms with van der Waals surface area (Å²) in [5.74, 6) is -0.198. The Morgan fingerprint density at radius 2 is 0.697 bits per heavy atom. The first-order valence-corrected chi connectivity index (χ1v) is 42.4. The molecule has 1 amide bonds. The molecule has 12 unspecified atom stereocenters. The van der Waals surface area contributed by atoms with E-state index in [0.29, 0.717) is 12.8 Å². The molecule has 0 bridgehead atoms. The van der Waals surface area contributed by atoms with Gasteiger partial charge in [0, 0.05) is 6.42 Å². The van der Waals surface area contributed by atoms with Gasteiger partial charge in [-0.1, -0.05) is 383 Å². The molecule has 2 aliphatic rings. The van der Waals surface area contributed by atoms with Gasteiger partial charge >= 0.3 is 0 Å². The number of aliphatic hydroxyl groups is 8. The molecule has 14 heteroatoms. The lowest BCUT2D eigenvalue weighted by molar-refractivity contribution is -0.359. The number of nitrogens with one attached hydrogen (secondary N) is 1. The quantitative estimate of drug-likeness (QED) is 0.0204. The first kappa shape index (κ1) is 93.0. The highest BCUT2D eigenvalue weighted by molar-refractivity contribution is 5.76. The molecule has 2 aliphatic heterocycles. The van der Waals surface area contributed by atoms with E-state index >= 15 is 0 Å². The SMILES string of the molecule is CC/C=C\C/C=C\C/C=C\C/C=C\CCCCCCCCCCCCCCCCCCCCCCCCC(=O)NC(COC1OC(CO)C(OC2OC(CO)C(O)C(O)C2O)C(O)C1O)C(O)CCCCCCCCCCCCCCCCCCCCCCCCCCCCCCCC. The highest BCUT2D eigenvalue weighted by Crippen LogP contribution is 2.31. The van der Waals surface area contributed by atoms with Crippen LogP contribution in [0.1, 0.15) is 393 Å². The molecule has 0 spiro atoms. The van der Waals surface area contributed by atoms with Gasteiger partial charge in [-0.05, 0) is 51.4 Å². The third kappa shape index (κ3) is 51.7. The van der Waals surface area contributed by atoms with Gasteiger partial charge in [0.15, 0.2) is 12.6 Å². The molecule has 2 fully saturated rings. The van der Waals surface area contributed by atoms with E-state index in [2.05, 4.69) is 67.8 Å². The minimum Gasteiger partial charge on any atom is -0.394 e. The molecule has 9 N–H and O–H groups in total. The normalized spacial score (nSPS) is 22.1. The number of ether oxygens (including phenoxy) is 4. The predicted octanol–water partition coefficient (Wildman–Crippen LogP) is 19.8. The van der Waals surface area contributed by atoms with Crippen LogP contribution in [0.3, 0.4) is 0 Å². The highest BCUT2D eigenvalue weighted by atomic mass is 16.7. The van der Waals surface area contributed by atoms with Crippen LogP contribution in [0.25, 0.3) is 0 Å². The number of unbranched alkanes of at least 4 members (excludes halogenated alkanes) is 51. The van der Waals surface area contributed by atoms with E-state index in [4.69, 9.17) is 18.9 Å². The number of allylic oxidation sites excluding steroid dienone is 8. The molecule has 2 saturated heterocycles. The fraction of sp³-hybridized carbons (Fsp3) is 0.894. The van der Waals surface area contributed by atoms with Gasteiger partial charge in [-0.2, -0.15) is 0 Å². The summed E-state index contributed by atoms with van der Waals surface area (Å²) in [6.07, 6.45) is 76.0. The Bertz CT molecular complexity index is 1850. The molecule has 0 aromatic heterocycles. The number of amides is 1. The number of hydrogen-bond donors (Lipinski definition) is 9. The third-order valence-corrected chi connectivity index (χ3v) is 20.8. The molecule has 0 radical (unpaired) electrons. The molecule has 2 heterocycles. The van der Waals surface area contributed by atoms with Gasteiger partial charge < -0.3 is 65.1 Å². The first-order valence-electron chi connectivity index (χ1n) is 42.4. The van der Waals surface area contributed by atoms with Gasteiger partial charge in [-0.25, -0.2) is 0 Å². The van der Waals surface area contributed by atoms with Crippen molar-refractivity contribution in [3.8, 4) is 0 Å². The van der Waals surface area contributed by atoms with Crippen LogP contribution < -0.4 is 5.32 Å². The number of aliphatic hydroxyl groups excluding tert-OH is 8. The summed E-state index contributed by atoms with van der Waals surface area (Å²) in [6.45, 7) is 2.82. The Morgan fingerprint density at radius 1 is 0.374 bits per heavy atom. The second kappa shape index (κ2) is 69.0. The average Bonchev–Trinajstić information content (AvgIpc) is 0.799. The summed E-state index contributed by atoms with van der Waals surface area (Å²) >= 11 is 0. The van der Waals surface area contributed by atoms with Crippen LogP contribution >= 0.6 is 0 Å². The van der Waals surface area contributed by atoms with Crippen LogP contribution in [0.5, 0.6) is 0 Å². The average molecular weight is 1400 g/mol. The molecule has 582 valence electrons. The van der Waals surface area contributed by atoms with Gasteiger partial charge in [0.05, 0.1) is 32.0 Å². The van der Waals surface area contributed by atoms with E-state index in [-0.39, 0.29) is 12.5 Å². The number of carbonyl (C=O) groups is 1. The van der Waals surface area contributed by atoms with Crippen molar-refractivity contribution < 1.29 is 64.6 Å². The van der Waals surface area contributed by atoms with Crippen molar-refractivity contribution in [3.05, 3.63) is 48.6 Å². The zero-order chi connectivity index (χ0) is 71.5. The van der Waals surface area contributed by atoms with Crippen molar-refractivity contribution in [3.63, 3.8) is 0 Å². The summed E-state index contributed by atoms with van der Waals surface area (Å²) in [7, 11) is 0. The fourth-order valence-electron chi connectivity index (χ4n) is 14.2. The number of rotatable bonds is 72. The van der Waals surface area contributed by atoms with Gasteiger partial charge in [0.1, 0.15) is 48.8 Å². The topological polar surface area (TPSA) is 228 Å². The summed E-state index contributed by atoms with van der Waals surface area (Å²) in [5.41, 5.74) is 0. The Labute approximate surface area is 607 Å². The first-order chi connectivity index (χ1) is 48.6. The van der Waals surface area contributed by atoms with E-state index in [1.54, 1.807) is 0 Å². The maximum atomic E-state index is 13.4. The summed E-state index contributed by atoms with van der Waals surface area (Å²) in [4.78, 5) is 13.4. The molecule has 0 aliphatic carbocycles. The molecule has 99 heavy (non-hydrogen) atoms. The van der Waals surface area contributed by atoms with Crippen molar-refractivity contribution in [1.82, 2.24) is 5.32 Å². The zero-order valence-electron chi connectivity index (χ0n) is 64.0. The van der Waals surface area contributed by atoms with Crippen molar-refractivity contribution in [1.29, 1.82) is 0 Å². The number of carbonyl (C=O) groups excluding carboxylic acids is 1. The Balaban J connectivity index is 1.57. The molecule has 12 atom stereocenters. The largest absolute Gasteiger partial charge is 0.394 e. The second-order valence-electron chi connectivity index (χ2n) is 29.9. The second-order valence-corrected chi connectivity index (χ2v) is 29.9. The Kier molecular flexibility index (Phi) is 64.9. The van der Waals surface area contributed by atoms with Crippen molar-refractivity contribution in [2.24, 2.45) is 0 Å². The van der Waals surface area contributed by atoms with E-state index in [1.807, 2.05) is 0 Å². The van der Waals surface area contributed by atoms with E-state index < -0.39 is 86.8 Å². The van der Waals surface area contributed by atoms with Crippen molar-refractivity contribution in [2.45, 2.75) is 466 Å². The van der Waals surface area contributed by atoms with Crippen molar-refractivity contribution in [2.75, 3.05) is 19.8 Å². The van der Waals surface area contributed by atoms with E-state index in [0.717, 1.165) is 77.0 Å². The van der Waals surface area contributed by atoms with Crippen molar-refractivity contribution >= 4 is 5.91 Å². The molecule has 0 aromatic rings. The van der Waals surface area contributed by atoms with Gasteiger partial charge in [0.2, 0.25) is 5.91 Å². The van der Waals surface area contributed by atoms with Crippen LogP contribution in [-0.4, -0.2) is 140 Å². The molecular formula is C85H159NO13. The molecule has 2 rings (SSSR count). The molecule has 0 saturated carbocycles. The predicted molar refractivity (Wildman–Crippen MR) is 411 cm³/mol. The molecule has 0 aromatic carbocycles. The summed E-state index contributed by atoms with van der Waals surface area (Å²) < 4.78 is 23.0. The standard InChI is InChI=1S/C85H159NO13/c1-3-5-7-9-11-13-15-17-19-21-23-25-27-29-31-33-35-36-37-38-39-41-43-45-47-49-51-53-55-57-59-61-63-65-67-69-77(90)86-73(72-96-84-82(95)80(93)83(76(71-88)98-84)99-85-81(94)79(92)78(91)75(70-87)97-85)74(89)68-66-64-62-60-58-56-54-52-50-48-46-44-42-40-34-32-30-28-26-24-22-20-18-16-14-12-10-8-6-4-2/h5,7,11,13,17,19,23,25,73-76,78-85,87-89,91-95H,3-4,6,8-10,12,14-16,18,20-22,24,26-72H2,1-2H3,(H,86,90)/b7-5-,13-11-,19-17-,25-23-. The van der Waals surface area contributed by atoms with Gasteiger partial charge in [-0.3, -0.25) is 4.79 Å². The number of hydrogen-bond acceptors (Lipinski definition) is 13. The maximum absolute atomic E-state index is 13.4. The summed E-state index contributed by atoms with van der Waals surface area (Å²) in [6, 6.07) is -0.830. The Hall–Kier alpha value is -2.05. The minimum absolute atomic E-state index is 0.198. The molecular weight excluding hydrogens is 1240 g/mol. The lowest BCUT2D eigenvalue weighted by Gasteiger charge is -2.46. The zero-order valence-corrected chi connectivity index (χ0v) is 64.0. The van der Waals surface area contributed by atoms with Gasteiger partial charge in [0.25, 0.3) is 0 Å². The smallest absolute Gasteiger partial charge is 0.220 e. The lowest BCUT2D eigenvalue weighted by Crippen LogP contribution is -2.65. The lowest BCUT2D eigenvalue weighted by atomic mass is 9.97. The Morgan fingerprint density at radius 3 is 1.07 bits per heavy atom. The van der Waals surface area contributed by atoms with Crippen LogP contribution in [0, 0.1) is 0 Å². The minimum atomic E-state index is -1.78. The highest BCUT2D eigenvalue weighted by Gasteiger charge is 2.51. The van der Waals surface area contributed by atoms with Crippen LogP contribution in [0.4, 0.5) is 0 Å². The van der Waals surface area contributed by atoms with Crippen LogP contribution in [-0.2, 0) is 23.7 Å². The van der Waals surface area contributed by atoms with Crippen LogP contribution in [0.15, 0.2) is 48.6 Å².